The Bertz CT molecular complexity index is 1140. The molecule has 0 fully saturated rings. The molecule has 1 aromatic carbocycles. The van der Waals surface area contributed by atoms with Crippen molar-refractivity contribution in [2.75, 3.05) is 12.3 Å². The van der Waals surface area contributed by atoms with Crippen molar-refractivity contribution in [3.8, 4) is 5.88 Å². The Balaban J connectivity index is 0.00000432. The van der Waals surface area contributed by atoms with E-state index in [-0.39, 0.29) is 42.2 Å². The van der Waals surface area contributed by atoms with Crippen LogP contribution >= 0.6 is 0 Å². The first-order valence-corrected chi connectivity index (χ1v) is 12.1. The highest BCUT2D eigenvalue weighted by molar-refractivity contribution is 5.95. The topological polar surface area (TPSA) is 95.6 Å². The zero-order chi connectivity index (χ0) is 24.9. The molecule has 35 heavy (non-hydrogen) atoms. The second-order valence-electron chi connectivity index (χ2n) is 9.66. The maximum absolute atomic E-state index is 13.3. The summed E-state index contributed by atoms with van der Waals surface area (Å²) in [7, 11) is 0. The molecule has 2 heterocycles. The number of halogens is 1. The highest BCUT2D eigenvalue weighted by Gasteiger charge is 2.24. The van der Waals surface area contributed by atoms with E-state index in [4.69, 9.17) is 15.2 Å². The van der Waals surface area contributed by atoms with Crippen LogP contribution < -0.4 is 27.6 Å². The van der Waals surface area contributed by atoms with Crippen LogP contribution in [0.1, 0.15) is 82.3 Å². The van der Waals surface area contributed by atoms with E-state index in [0.717, 1.165) is 30.4 Å². The van der Waals surface area contributed by atoms with Gasteiger partial charge < -0.3 is 27.6 Å². The summed E-state index contributed by atoms with van der Waals surface area (Å²) in [5, 5.41) is 8.84. The van der Waals surface area contributed by atoms with Crippen LogP contribution in [-0.4, -0.2) is 33.2 Å². The predicted octanol–water partition coefficient (Wildman–Crippen LogP) is 1.28. The van der Waals surface area contributed by atoms with Crippen LogP contribution in [0.4, 0.5) is 5.95 Å². The summed E-state index contributed by atoms with van der Waals surface area (Å²) in [6.07, 6.45) is 2.83. The van der Waals surface area contributed by atoms with Gasteiger partial charge in [0.2, 0.25) is 5.78 Å². The molecule has 2 N–H and O–H groups in total. The minimum atomic E-state index is -0.0936. The lowest BCUT2D eigenvalue weighted by Crippen LogP contribution is -3.00. The third-order valence-electron chi connectivity index (χ3n) is 5.78. The molecule has 192 valence electrons. The number of aromatic nitrogens is 4. The number of benzene rings is 1. The highest BCUT2D eigenvalue weighted by atomic mass is 35.5. The van der Waals surface area contributed by atoms with E-state index in [1.54, 1.807) is 10.7 Å². The number of hydrogen-bond donors (Lipinski definition) is 1. The van der Waals surface area contributed by atoms with Crippen molar-refractivity contribution in [2.45, 2.75) is 85.5 Å². The largest absolute Gasteiger partial charge is 1.00 e. The van der Waals surface area contributed by atoms with E-state index >= 15 is 0 Å². The Kier molecular flexibility index (Phi) is 10.0. The molecule has 0 spiro atoms. The number of rotatable bonds is 11. The van der Waals surface area contributed by atoms with Gasteiger partial charge in [-0.2, -0.15) is 0 Å². The minimum absolute atomic E-state index is 0. The number of hydrogen-bond acceptors (Lipinski definition) is 6. The molecular weight excluding hydrogens is 466 g/mol. The van der Waals surface area contributed by atoms with E-state index in [2.05, 4.69) is 57.8 Å². The van der Waals surface area contributed by atoms with Crippen LogP contribution in [-0.2, 0) is 23.3 Å². The van der Waals surface area contributed by atoms with Gasteiger partial charge in [0.1, 0.15) is 6.10 Å². The van der Waals surface area contributed by atoms with Gasteiger partial charge in [0, 0.05) is 24.3 Å². The van der Waals surface area contributed by atoms with Crippen molar-refractivity contribution < 1.29 is 31.4 Å². The smallest absolute Gasteiger partial charge is 0.355 e. The maximum atomic E-state index is 13.3. The van der Waals surface area contributed by atoms with Crippen molar-refractivity contribution in [2.24, 2.45) is 0 Å². The Morgan fingerprint density at radius 3 is 2.49 bits per heavy atom. The summed E-state index contributed by atoms with van der Waals surface area (Å²) >= 11 is 0. The number of carbonyl (C=O) groups is 1. The molecule has 0 bridgehead atoms. The van der Waals surface area contributed by atoms with Gasteiger partial charge in [-0.25, -0.2) is 0 Å². The van der Waals surface area contributed by atoms with Crippen molar-refractivity contribution in [3.05, 3.63) is 47.0 Å². The van der Waals surface area contributed by atoms with Crippen LogP contribution in [0.25, 0.3) is 5.65 Å². The summed E-state index contributed by atoms with van der Waals surface area (Å²) < 4.78 is 14.8. The standard InChI is InChI=1S/C26H38N5O3.ClH/c1-7-12-33-17-18-13-19(15-20(14-18)26(4,5)6)22(32)16-30-24-11-10-23(34-21(8-2)9-3)28-31(24)25(27)29-30;/h10-11,13-15,21H,7-9,12,16-17H2,1-6H3,(H2,27,29);1H/q+1;/p-1. The minimum Gasteiger partial charge on any atom is -1.00 e. The Morgan fingerprint density at radius 2 is 1.86 bits per heavy atom. The molecule has 0 aliphatic heterocycles. The van der Waals surface area contributed by atoms with Crippen LogP contribution in [0.5, 0.6) is 5.88 Å². The van der Waals surface area contributed by atoms with Gasteiger partial charge in [-0.05, 0) is 58.1 Å². The molecule has 8 nitrogen and oxygen atoms in total. The molecule has 0 saturated heterocycles. The second kappa shape index (κ2) is 12.3. The van der Waals surface area contributed by atoms with Gasteiger partial charge in [0.25, 0.3) is 5.88 Å². The fourth-order valence-electron chi connectivity index (χ4n) is 3.72. The van der Waals surface area contributed by atoms with E-state index in [1.807, 2.05) is 18.2 Å². The van der Waals surface area contributed by atoms with Crippen LogP contribution in [0.15, 0.2) is 30.3 Å². The van der Waals surface area contributed by atoms with Crippen LogP contribution in [0, 0.1) is 0 Å². The lowest BCUT2D eigenvalue weighted by molar-refractivity contribution is -0.714. The normalized spacial score (nSPS) is 11.6. The number of nitrogens with two attached hydrogens (primary N) is 1. The molecule has 0 aliphatic rings. The molecule has 3 rings (SSSR count). The van der Waals surface area contributed by atoms with Gasteiger partial charge in [-0.3, -0.25) is 4.79 Å². The number of Topliss-reactive ketones (excluding diaryl/α,β-unsaturated/α-hetero) is 1. The molecule has 2 aromatic heterocycles. The van der Waals surface area contributed by atoms with Gasteiger partial charge in [-0.15, -0.1) is 4.68 Å². The average molecular weight is 504 g/mol. The predicted molar refractivity (Wildman–Crippen MR) is 132 cm³/mol. The SMILES string of the molecule is CCCOCc1cc(C(=O)C[n+]2nc(N)n3nc(OC(CC)CC)ccc32)cc(C(C)(C)C)c1.[Cl-]. The lowest BCUT2D eigenvalue weighted by Gasteiger charge is -2.21. The first kappa shape index (κ1) is 28.5. The summed E-state index contributed by atoms with van der Waals surface area (Å²) in [5.41, 5.74) is 9.37. The van der Waals surface area contributed by atoms with E-state index in [9.17, 15) is 4.79 Å². The molecule has 0 atom stereocenters. The second-order valence-corrected chi connectivity index (χ2v) is 9.66. The van der Waals surface area contributed by atoms with E-state index in [1.165, 1.54) is 4.52 Å². The number of ketones is 1. The molecule has 0 saturated carbocycles. The number of ether oxygens (including phenoxy) is 2. The fraction of sp³-hybridized carbons (Fsp3) is 0.538. The first-order valence-electron chi connectivity index (χ1n) is 12.1. The van der Waals surface area contributed by atoms with Crippen LogP contribution in [0.3, 0.4) is 0 Å². The molecule has 3 aromatic rings. The maximum Gasteiger partial charge on any atom is 0.355 e. The molecular formula is C26H38ClN5O3. The fourth-order valence-corrected chi connectivity index (χ4v) is 3.72. The van der Waals surface area contributed by atoms with E-state index in [0.29, 0.717) is 30.3 Å². The molecule has 0 aliphatic carbocycles. The zero-order valence-electron chi connectivity index (χ0n) is 21.7. The van der Waals surface area contributed by atoms with Gasteiger partial charge >= 0.3 is 11.6 Å². The summed E-state index contributed by atoms with van der Waals surface area (Å²) in [5.74, 6) is 0.637. The quantitative estimate of drug-likeness (QED) is 0.240. The number of fused-ring (bicyclic) bond motifs is 1. The summed E-state index contributed by atoms with van der Waals surface area (Å²) in [6, 6.07) is 9.62. The van der Waals surface area contributed by atoms with Crippen molar-refractivity contribution in [1.29, 1.82) is 0 Å². The number of anilines is 1. The molecule has 0 radical (unpaired) electrons. The Morgan fingerprint density at radius 1 is 1.14 bits per heavy atom. The molecule has 0 amide bonds. The Labute approximate surface area is 214 Å². The van der Waals surface area contributed by atoms with Crippen molar-refractivity contribution in [1.82, 2.24) is 14.7 Å². The van der Waals surface area contributed by atoms with Gasteiger partial charge in [0.05, 0.1) is 6.61 Å². The molecule has 9 heteroatoms. The van der Waals surface area contributed by atoms with Crippen molar-refractivity contribution >= 4 is 17.4 Å². The summed E-state index contributed by atoms with van der Waals surface area (Å²) in [6.45, 7) is 13.9. The first-order chi connectivity index (χ1) is 16.2. The summed E-state index contributed by atoms with van der Waals surface area (Å²) in [4.78, 5) is 13.3. The third kappa shape index (κ3) is 7.15. The zero-order valence-corrected chi connectivity index (χ0v) is 22.4. The van der Waals surface area contributed by atoms with E-state index < -0.39 is 0 Å². The van der Waals surface area contributed by atoms with Gasteiger partial charge in [-0.1, -0.05) is 52.1 Å². The lowest BCUT2D eigenvalue weighted by atomic mass is 9.84. The highest BCUT2D eigenvalue weighted by Crippen LogP contribution is 2.25. The number of nitrogen functional groups attached to an aromatic ring is 1. The number of carbonyl (C=O) groups excluding carboxylic acids is 1. The average Bonchev–Trinajstić information content (AvgIpc) is 3.11. The van der Waals surface area contributed by atoms with Crippen LogP contribution in [0.2, 0.25) is 0 Å². The van der Waals surface area contributed by atoms with Crippen molar-refractivity contribution in [3.63, 3.8) is 0 Å². The monoisotopic (exact) mass is 503 g/mol. The molecule has 0 unspecified atom stereocenters. The third-order valence-corrected chi connectivity index (χ3v) is 5.78. The number of nitrogens with zero attached hydrogens (tertiary/aromatic N) is 4. The van der Waals surface area contributed by atoms with Gasteiger partial charge in [0.15, 0.2) is 6.54 Å². The Hall–Kier alpha value is -2.71.